The monoisotopic (exact) mass is 278 g/mol. The van der Waals surface area contributed by atoms with Gasteiger partial charge in [0, 0.05) is 32.3 Å². The van der Waals surface area contributed by atoms with Crippen molar-refractivity contribution in [2.45, 2.75) is 58.0 Å². The summed E-state index contributed by atoms with van der Waals surface area (Å²) >= 11 is 0. The molecular formula is C15H26N4O. The van der Waals surface area contributed by atoms with Gasteiger partial charge in [0.1, 0.15) is 0 Å². The number of nitrogens with zero attached hydrogens (tertiary/aromatic N) is 2. The fraction of sp³-hybridized carbons (Fsp3) is 0.733. The molecule has 1 saturated carbocycles. The van der Waals surface area contributed by atoms with Crippen molar-refractivity contribution >= 4 is 5.91 Å². The highest BCUT2D eigenvalue weighted by molar-refractivity contribution is 5.75. The van der Waals surface area contributed by atoms with E-state index in [0.717, 1.165) is 25.2 Å². The summed E-state index contributed by atoms with van der Waals surface area (Å²) in [5, 5.41) is 10.8. The maximum Gasteiger partial charge on any atom is 0.221 e. The Labute approximate surface area is 121 Å². The van der Waals surface area contributed by atoms with Gasteiger partial charge in [-0.25, -0.2) is 0 Å². The lowest BCUT2D eigenvalue weighted by Crippen LogP contribution is -2.28. The quantitative estimate of drug-likeness (QED) is 0.715. The smallest absolute Gasteiger partial charge is 0.221 e. The van der Waals surface area contributed by atoms with E-state index >= 15 is 0 Å². The zero-order chi connectivity index (χ0) is 14.2. The first-order valence-corrected chi connectivity index (χ1v) is 7.81. The molecule has 1 aromatic rings. The molecule has 2 rings (SSSR count). The van der Waals surface area contributed by atoms with Crippen molar-refractivity contribution < 1.29 is 4.79 Å². The second kappa shape index (κ2) is 8.04. The van der Waals surface area contributed by atoms with Crippen LogP contribution in [0.5, 0.6) is 0 Å². The Bertz CT molecular complexity index is 410. The number of hydrogen-bond donors (Lipinski definition) is 2. The highest BCUT2D eigenvalue weighted by atomic mass is 16.1. The average Bonchev–Trinajstić information content (AvgIpc) is 3.11. The molecule has 1 heterocycles. The van der Waals surface area contributed by atoms with E-state index in [2.05, 4.69) is 39.6 Å². The van der Waals surface area contributed by atoms with Gasteiger partial charge in [-0.15, -0.1) is 0 Å². The molecular weight excluding hydrogens is 252 g/mol. The van der Waals surface area contributed by atoms with Gasteiger partial charge in [0.25, 0.3) is 0 Å². The molecule has 5 nitrogen and oxygen atoms in total. The maximum atomic E-state index is 11.4. The largest absolute Gasteiger partial charge is 0.356 e. The van der Waals surface area contributed by atoms with Crippen molar-refractivity contribution in [3.63, 3.8) is 0 Å². The summed E-state index contributed by atoms with van der Waals surface area (Å²) in [6.45, 7) is 4.26. The van der Waals surface area contributed by atoms with Crippen LogP contribution in [-0.2, 0) is 11.3 Å². The van der Waals surface area contributed by atoms with Gasteiger partial charge in [-0.1, -0.05) is 19.8 Å². The van der Waals surface area contributed by atoms with Crippen LogP contribution in [0.25, 0.3) is 0 Å². The lowest BCUT2D eigenvalue weighted by Gasteiger charge is -2.09. The SMILES string of the molecule is CCCNC(=O)CCNCc1ccn(C2CCCC2)n1. The van der Waals surface area contributed by atoms with Crippen molar-refractivity contribution in [3.8, 4) is 0 Å². The third-order valence-electron chi connectivity index (χ3n) is 3.77. The minimum atomic E-state index is 0.121. The third-order valence-corrected chi connectivity index (χ3v) is 3.77. The molecule has 2 N–H and O–H groups in total. The summed E-state index contributed by atoms with van der Waals surface area (Å²) in [6.07, 6.45) is 8.76. The predicted octanol–water partition coefficient (Wildman–Crippen LogP) is 2.00. The normalized spacial score (nSPS) is 15.7. The summed E-state index contributed by atoms with van der Waals surface area (Å²) in [5.41, 5.74) is 1.06. The lowest BCUT2D eigenvalue weighted by molar-refractivity contribution is -0.120. The maximum absolute atomic E-state index is 11.4. The predicted molar refractivity (Wildman–Crippen MR) is 79.4 cm³/mol. The van der Waals surface area contributed by atoms with Gasteiger partial charge in [-0.05, 0) is 25.3 Å². The molecule has 0 atom stereocenters. The molecule has 0 spiro atoms. The Kier molecular flexibility index (Phi) is 6.05. The van der Waals surface area contributed by atoms with Crippen molar-refractivity contribution in [1.29, 1.82) is 0 Å². The van der Waals surface area contributed by atoms with E-state index in [1.54, 1.807) is 0 Å². The van der Waals surface area contributed by atoms with Crippen LogP contribution in [0.4, 0.5) is 0 Å². The molecule has 0 bridgehead atoms. The molecule has 0 radical (unpaired) electrons. The van der Waals surface area contributed by atoms with Crippen molar-refractivity contribution in [3.05, 3.63) is 18.0 Å². The van der Waals surface area contributed by atoms with Crippen molar-refractivity contribution in [2.24, 2.45) is 0 Å². The Morgan fingerprint density at radius 3 is 2.95 bits per heavy atom. The van der Waals surface area contributed by atoms with Crippen molar-refractivity contribution in [2.75, 3.05) is 13.1 Å². The summed E-state index contributed by atoms with van der Waals surface area (Å²) < 4.78 is 2.11. The Hall–Kier alpha value is -1.36. The molecule has 0 aromatic carbocycles. The second-order valence-corrected chi connectivity index (χ2v) is 5.50. The molecule has 1 aliphatic rings. The summed E-state index contributed by atoms with van der Waals surface area (Å²) in [4.78, 5) is 11.4. The molecule has 20 heavy (non-hydrogen) atoms. The van der Waals surface area contributed by atoms with Crippen LogP contribution in [0.3, 0.4) is 0 Å². The fourth-order valence-corrected chi connectivity index (χ4v) is 2.62. The molecule has 1 amide bonds. The number of aromatic nitrogens is 2. The Morgan fingerprint density at radius 2 is 2.20 bits per heavy atom. The highest BCUT2D eigenvalue weighted by Crippen LogP contribution is 2.28. The van der Waals surface area contributed by atoms with E-state index < -0.39 is 0 Å². The third kappa shape index (κ3) is 4.63. The van der Waals surface area contributed by atoms with Crippen LogP contribution in [-0.4, -0.2) is 28.8 Å². The number of amides is 1. The van der Waals surface area contributed by atoms with Gasteiger partial charge in [0.2, 0.25) is 5.91 Å². The molecule has 1 fully saturated rings. The zero-order valence-corrected chi connectivity index (χ0v) is 12.4. The Morgan fingerprint density at radius 1 is 1.40 bits per heavy atom. The van der Waals surface area contributed by atoms with Crippen LogP contribution in [0, 0.1) is 0 Å². The van der Waals surface area contributed by atoms with E-state index in [0.29, 0.717) is 19.0 Å². The zero-order valence-electron chi connectivity index (χ0n) is 12.4. The lowest BCUT2D eigenvalue weighted by atomic mass is 10.3. The molecule has 0 unspecified atom stereocenters. The van der Waals surface area contributed by atoms with Gasteiger partial charge >= 0.3 is 0 Å². The number of rotatable bonds is 8. The van der Waals surface area contributed by atoms with Gasteiger partial charge in [-0.3, -0.25) is 9.48 Å². The van der Waals surface area contributed by atoms with Crippen LogP contribution >= 0.6 is 0 Å². The van der Waals surface area contributed by atoms with Crippen LogP contribution in [0.15, 0.2) is 12.3 Å². The topological polar surface area (TPSA) is 59.0 Å². The van der Waals surface area contributed by atoms with E-state index in [9.17, 15) is 4.79 Å². The number of carbonyl (C=O) groups is 1. The van der Waals surface area contributed by atoms with Crippen LogP contribution in [0.1, 0.15) is 57.2 Å². The molecule has 5 heteroatoms. The Balaban J connectivity index is 1.63. The molecule has 0 saturated heterocycles. The summed E-state index contributed by atoms with van der Waals surface area (Å²) in [7, 11) is 0. The van der Waals surface area contributed by atoms with Gasteiger partial charge in [-0.2, -0.15) is 5.10 Å². The first-order valence-electron chi connectivity index (χ1n) is 7.81. The van der Waals surface area contributed by atoms with Crippen LogP contribution < -0.4 is 10.6 Å². The second-order valence-electron chi connectivity index (χ2n) is 5.50. The standard InChI is InChI=1S/C15H26N4O/c1-2-9-17-15(20)7-10-16-12-13-8-11-19(18-13)14-5-3-4-6-14/h8,11,14,16H,2-7,9-10,12H2,1H3,(H,17,20). The molecule has 1 aromatic heterocycles. The van der Waals surface area contributed by atoms with Gasteiger partial charge in [0.05, 0.1) is 11.7 Å². The van der Waals surface area contributed by atoms with E-state index in [1.807, 2.05) is 0 Å². The van der Waals surface area contributed by atoms with Gasteiger partial charge < -0.3 is 10.6 Å². The summed E-state index contributed by atoms with van der Waals surface area (Å²) in [5.74, 6) is 0.121. The molecule has 1 aliphatic carbocycles. The minimum Gasteiger partial charge on any atom is -0.356 e. The minimum absolute atomic E-state index is 0.121. The number of hydrogen-bond acceptors (Lipinski definition) is 3. The summed E-state index contributed by atoms with van der Waals surface area (Å²) in [6, 6.07) is 2.67. The first-order chi connectivity index (χ1) is 9.79. The van der Waals surface area contributed by atoms with E-state index in [1.165, 1.54) is 25.7 Å². The first kappa shape index (κ1) is 15.0. The van der Waals surface area contributed by atoms with Gasteiger partial charge in [0.15, 0.2) is 0 Å². The molecule has 0 aliphatic heterocycles. The van der Waals surface area contributed by atoms with E-state index in [4.69, 9.17) is 0 Å². The number of carbonyl (C=O) groups excluding carboxylic acids is 1. The van der Waals surface area contributed by atoms with E-state index in [-0.39, 0.29) is 5.91 Å². The fourth-order valence-electron chi connectivity index (χ4n) is 2.62. The molecule has 112 valence electrons. The van der Waals surface area contributed by atoms with Crippen molar-refractivity contribution in [1.82, 2.24) is 20.4 Å². The highest BCUT2D eigenvalue weighted by Gasteiger charge is 2.17. The average molecular weight is 278 g/mol. The van der Waals surface area contributed by atoms with Crippen LogP contribution in [0.2, 0.25) is 0 Å². The number of nitrogens with one attached hydrogen (secondary N) is 2.